The third-order valence-electron chi connectivity index (χ3n) is 5.29. The standard InChI is InChI=1S/C25H25N5O3S/c1-29-15-6-9-21(29)24(32)26-22(31)17-34-25-28-27-23(19-10-12-20(33-2)13-11-19)30(25)16-14-18-7-4-3-5-8-18/h3-13,15H,14,16-17H2,1-2H3,(H,26,31,32). The molecule has 0 bridgehead atoms. The quantitative estimate of drug-likeness (QED) is 0.372. The molecule has 34 heavy (non-hydrogen) atoms. The van der Waals surface area contributed by atoms with Gasteiger partial charge in [-0.2, -0.15) is 0 Å². The summed E-state index contributed by atoms with van der Waals surface area (Å²) in [7, 11) is 3.38. The van der Waals surface area contributed by atoms with Crippen LogP contribution in [0.1, 0.15) is 16.1 Å². The number of rotatable bonds is 9. The summed E-state index contributed by atoms with van der Waals surface area (Å²) in [6.07, 6.45) is 2.54. The number of hydrogen-bond acceptors (Lipinski definition) is 6. The van der Waals surface area contributed by atoms with E-state index >= 15 is 0 Å². The van der Waals surface area contributed by atoms with Crippen LogP contribution in [-0.2, 0) is 24.8 Å². The van der Waals surface area contributed by atoms with E-state index in [4.69, 9.17) is 4.74 Å². The molecule has 9 heteroatoms. The Morgan fingerprint density at radius 2 is 1.76 bits per heavy atom. The lowest BCUT2D eigenvalue weighted by atomic mass is 10.1. The molecule has 4 aromatic rings. The number of imide groups is 1. The maximum atomic E-state index is 12.4. The van der Waals surface area contributed by atoms with Crippen LogP contribution in [0.3, 0.4) is 0 Å². The number of hydrogen-bond donors (Lipinski definition) is 1. The van der Waals surface area contributed by atoms with Crippen LogP contribution in [0, 0.1) is 0 Å². The number of thioether (sulfide) groups is 1. The molecular weight excluding hydrogens is 450 g/mol. The summed E-state index contributed by atoms with van der Waals surface area (Å²) in [5.41, 5.74) is 2.52. The van der Waals surface area contributed by atoms with Gasteiger partial charge in [-0.1, -0.05) is 42.1 Å². The molecule has 0 aliphatic heterocycles. The molecule has 0 saturated heterocycles. The second-order valence-corrected chi connectivity index (χ2v) is 8.53. The Bertz CT molecular complexity index is 1270. The fourth-order valence-corrected chi connectivity index (χ4v) is 4.25. The van der Waals surface area contributed by atoms with E-state index in [0.29, 0.717) is 23.2 Å². The maximum absolute atomic E-state index is 12.4. The number of nitrogens with one attached hydrogen (secondary N) is 1. The minimum atomic E-state index is -0.428. The molecule has 0 unspecified atom stereocenters. The maximum Gasteiger partial charge on any atom is 0.274 e. The normalized spacial score (nSPS) is 10.8. The van der Waals surface area contributed by atoms with Crippen LogP contribution in [0.4, 0.5) is 0 Å². The van der Waals surface area contributed by atoms with Crippen LogP contribution in [-0.4, -0.2) is 44.0 Å². The van der Waals surface area contributed by atoms with Crippen molar-refractivity contribution >= 4 is 23.6 Å². The fraction of sp³-hybridized carbons (Fsp3) is 0.200. The van der Waals surface area contributed by atoms with Gasteiger partial charge in [0, 0.05) is 25.4 Å². The molecule has 1 N–H and O–H groups in total. The largest absolute Gasteiger partial charge is 0.497 e. The average Bonchev–Trinajstić information content (AvgIpc) is 3.48. The highest BCUT2D eigenvalue weighted by atomic mass is 32.2. The number of amides is 2. The van der Waals surface area contributed by atoms with Crippen molar-refractivity contribution in [2.75, 3.05) is 12.9 Å². The summed E-state index contributed by atoms with van der Waals surface area (Å²) in [5.74, 6) is 0.694. The second-order valence-electron chi connectivity index (χ2n) is 7.59. The molecule has 2 heterocycles. The molecule has 2 aromatic heterocycles. The van der Waals surface area contributed by atoms with Crippen molar-refractivity contribution in [3.05, 3.63) is 84.2 Å². The molecule has 0 saturated carbocycles. The van der Waals surface area contributed by atoms with Crippen LogP contribution >= 0.6 is 11.8 Å². The summed E-state index contributed by atoms with van der Waals surface area (Å²) >= 11 is 1.25. The first-order chi connectivity index (χ1) is 16.5. The molecule has 8 nitrogen and oxygen atoms in total. The van der Waals surface area contributed by atoms with Crippen LogP contribution < -0.4 is 10.1 Å². The summed E-state index contributed by atoms with van der Waals surface area (Å²) in [4.78, 5) is 24.7. The highest BCUT2D eigenvalue weighted by molar-refractivity contribution is 7.99. The Hall–Kier alpha value is -3.85. The van der Waals surface area contributed by atoms with E-state index in [1.165, 1.54) is 17.3 Å². The predicted molar refractivity (Wildman–Crippen MR) is 131 cm³/mol. The van der Waals surface area contributed by atoms with Gasteiger partial charge in [0.2, 0.25) is 5.91 Å². The molecule has 2 amide bonds. The van der Waals surface area contributed by atoms with Crippen LogP contribution in [0.5, 0.6) is 5.75 Å². The number of benzene rings is 2. The Balaban J connectivity index is 1.50. The SMILES string of the molecule is COc1ccc(-c2nnc(SCC(=O)NC(=O)c3cccn3C)n2CCc2ccccc2)cc1. The number of aryl methyl sites for hydroxylation is 2. The van der Waals surface area contributed by atoms with Gasteiger partial charge in [-0.15, -0.1) is 10.2 Å². The topological polar surface area (TPSA) is 91.0 Å². The van der Waals surface area contributed by atoms with Gasteiger partial charge in [-0.3, -0.25) is 14.9 Å². The molecule has 0 aliphatic rings. The lowest BCUT2D eigenvalue weighted by Gasteiger charge is -2.11. The minimum absolute atomic E-state index is 0.0439. The van der Waals surface area contributed by atoms with Gasteiger partial charge in [0.15, 0.2) is 11.0 Å². The minimum Gasteiger partial charge on any atom is -0.497 e. The van der Waals surface area contributed by atoms with E-state index in [1.54, 1.807) is 37.1 Å². The number of carbonyl (C=O) groups is 2. The van der Waals surface area contributed by atoms with Gasteiger partial charge < -0.3 is 13.9 Å². The highest BCUT2D eigenvalue weighted by Crippen LogP contribution is 2.26. The Morgan fingerprint density at radius 1 is 1.00 bits per heavy atom. The molecular formula is C25H25N5O3S. The van der Waals surface area contributed by atoms with Crippen molar-refractivity contribution in [1.82, 2.24) is 24.6 Å². The highest BCUT2D eigenvalue weighted by Gasteiger charge is 2.18. The van der Waals surface area contributed by atoms with Crippen molar-refractivity contribution in [1.29, 1.82) is 0 Å². The number of nitrogens with zero attached hydrogens (tertiary/aromatic N) is 4. The first-order valence-electron chi connectivity index (χ1n) is 10.7. The first kappa shape index (κ1) is 23.3. The molecule has 2 aromatic carbocycles. The smallest absolute Gasteiger partial charge is 0.274 e. The third kappa shape index (κ3) is 5.55. The number of carbonyl (C=O) groups excluding carboxylic acids is 2. The van der Waals surface area contributed by atoms with Gasteiger partial charge >= 0.3 is 0 Å². The lowest BCUT2D eigenvalue weighted by molar-refractivity contribution is -0.117. The Kier molecular flexibility index (Phi) is 7.44. The van der Waals surface area contributed by atoms with Gasteiger partial charge in [-0.25, -0.2) is 0 Å². The fourth-order valence-electron chi connectivity index (χ4n) is 3.49. The van der Waals surface area contributed by atoms with Gasteiger partial charge in [0.05, 0.1) is 12.9 Å². The first-order valence-corrected chi connectivity index (χ1v) is 11.7. The zero-order valence-electron chi connectivity index (χ0n) is 19.0. The zero-order chi connectivity index (χ0) is 23.9. The monoisotopic (exact) mass is 475 g/mol. The molecule has 0 radical (unpaired) electrons. The van der Waals surface area contributed by atoms with E-state index in [-0.39, 0.29) is 11.7 Å². The second kappa shape index (κ2) is 10.8. The van der Waals surface area contributed by atoms with Crippen LogP contribution in [0.25, 0.3) is 11.4 Å². The van der Waals surface area contributed by atoms with Crippen molar-refractivity contribution < 1.29 is 14.3 Å². The zero-order valence-corrected chi connectivity index (χ0v) is 19.8. The van der Waals surface area contributed by atoms with Gasteiger partial charge in [0.25, 0.3) is 5.91 Å². The Morgan fingerprint density at radius 3 is 2.44 bits per heavy atom. The van der Waals surface area contributed by atoms with Crippen molar-refractivity contribution in [3.63, 3.8) is 0 Å². The number of methoxy groups -OCH3 is 1. The number of aromatic nitrogens is 4. The molecule has 174 valence electrons. The third-order valence-corrected chi connectivity index (χ3v) is 6.26. The van der Waals surface area contributed by atoms with E-state index in [0.717, 1.165) is 17.7 Å². The summed E-state index contributed by atoms with van der Waals surface area (Å²) in [5, 5.41) is 11.8. The molecule has 0 atom stereocenters. The van der Waals surface area contributed by atoms with Crippen LogP contribution in [0.15, 0.2) is 78.1 Å². The predicted octanol–water partition coefficient (Wildman–Crippen LogP) is 3.58. The molecule has 4 rings (SSSR count). The van der Waals surface area contributed by atoms with E-state index in [2.05, 4.69) is 27.6 Å². The Labute approximate surface area is 202 Å². The van der Waals surface area contributed by atoms with Gasteiger partial charge in [-0.05, 0) is 48.4 Å². The van der Waals surface area contributed by atoms with E-state index < -0.39 is 5.91 Å². The number of ether oxygens (including phenoxy) is 1. The summed E-state index contributed by atoms with van der Waals surface area (Å²) in [6.45, 7) is 0.643. The molecule has 0 spiro atoms. The van der Waals surface area contributed by atoms with Crippen LogP contribution in [0.2, 0.25) is 0 Å². The van der Waals surface area contributed by atoms with E-state index in [9.17, 15) is 9.59 Å². The summed E-state index contributed by atoms with van der Waals surface area (Å²) < 4.78 is 8.93. The van der Waals surface area contributed by atoms with Gasteiger partial charge in [0.1, 0.15) is 11.4 Å². The molecule has 0 fully saturated rings. The summed E-state index contributed by atoms with van der Waals surface area (Å²) in [6, 6.07) is 21.2. The average molecular weight is 476 g/mol. The van der Waals surface area contributed by atoms with E-state index in [1.807, 2.05) is 47.0 Å². The van der Waals surface area contributed by atoms with Crippen molar-refractivity contribution in [2.24, 2.45) is 7.05 Å². The molecule has 0 aliphatic carbocycles. The van der Waals surface area contributed by atoms with Crippen molar-refractivity contribution in [3.8, 4) is 17.1 Å². The lowest BCUT2D eigenvalue weighted by Crippen LogP contribution is -2.33. The van der Waals surface area contributed by atoms with Crippen molar-refractivity contribution in [2.45, 2.75) is 18.1 Å².